The van der Waals surface area contributed by atoms with Gasteiger partial charge in [-0.15, -0.1) is 0 Å². The molecule has 1 aromatic carbocycles. The van der Waals surface area contributed by atoms with E-state index in [9.17, 15) is 23.2 Å². The predicted molar refractivity (Wildman–Crippen MR) is 224 cm³/mol. The second-order valence-electron chi connectivity index (χ2n) is 17.4. The minimum Gasteiger partial charge on any atom is -0.444 e. The molecule has 0 bridgehead atoms. The summed E-state index contributed by atoms with van der Waals surface area (Å²) in [6.07, 6.45) is 10.4. The third kappa shape index (κ3) is 9.08. The van der Waals surface area contributed by atoms with Crippen molar-refractivity contribution in [3.63, 3.8) is 0 Å². The minimum absolute atomic E-state index is 0.0213. The molecule has 17 heteroatoms. The molecule has 4 fully saturated rings. The molecule has 6 heterocycles. The summed E-state index contributed by atoms with van der Waals surface area (Å²) in [5.41, 5.74) is 3.09. The third-order valence-electron chi connectivity index (χ3n) is 13.1. The predicted octanol–water partition coefficient (Wildman–Crippen LogP) is 6.68. The highest BCUT2D eigenvalue weighted by Crippen LogP contribution is 2.37. The van der Waals surface area contributed by atoms with E-state index in [0.29, 0.717) is 42.1 Å². The first-order valence-electron chi connectivity index (χ1n) is 21.6. The van der Waals surface area contributed by atoms with Gasteiger partial charge in [-0.1, -0.05) is 18.2 Å². The molecule has 2 saturated heterocycles. The number of oxazole rings is 1. The van der Waals surface area contributed by atoms with Crippen LogP contribution in [0.5, 0.6) is 0 Å². The highest BCUT2D eigenvalue weighted by molar-refractivity contribution is 6.03. The van der Waals surface area contributed by atoms with E-state index >= 15 is 0 Å². The number of anilines is 2. The maximum absolute atomic E-state index is 14.2. The van der Waals surface area contributed by atoms with Crippen LogP contribution in [0.2, 0.25) is 0 Å². The first kappa shape index (κ1) is 40.8. The highest BCUT2D eigenvalue weighted by atomic mass is 19.3. The van der Waals surface area contributed by atoms with Crippen LogP contribution in [-0.4, -0.2) is 96.3 Å². The number of hydrogen-bond donors (Lipinski definition) is 3. The van der Waals surface area contributed by atoms with Gasteiger partial charge in [0.1, 0.15) is 12.1 Å². The van der Waals surface area contributed by atoms with E-state index in [2.05, 4.69) is 53.9 Å². The van der Waals surface area contributed by atoms with E-state index in [0.717, 1.165) is 87.8 Å². The first-order chi connectivity index (χ1) is 29.6. The number of amides is 3. The van der Waals surface area contributed by atoms with E-state index in [1.54, 1.807) is 16.9 Å². The largest absolute Gasteiger partial charge is 0.444 e. The number of aromatic nitrogens is 6. The summed E-state index contributed by atoms with van der Waals surface area (Å²) in [6.45, 7) is 4.58. The Morgan fingerprint density at radius 1 is 1.02 bits per heavy atom. The third-order valence-corrected chi connectivity index (χ3v) is 13.1. The second-order valence-corrected chi connectivity index (χ2v) is 17.4. The number of aryl methyl sites for hydroxylation is 1. The fourth-order valence-corrected chi connectivity index (χ4v) is 9.47. The average molecular weight is 838 g/mol. The van der Waals surface area contributed by atoms with Gasteiger partial charge in [0.2, 0.25) is 17.7 Å². The van der Waals surface area contributed by atoms with E-state index < -0.39 is 23.9 Å². The minimum atomic E-state index is -2.86. The number of fused-ring (bicyclic) bond motifs is 1. The fourth-order valence-electron chi connectivity index (χ4n) is 9.47. The fraction of sp³-hybridized carbons (Fsp3) is 0.523. The molecule has 3 N–H and O–H groups in total. The lowest BCUT2D eigenvalue weighted by molar-refractivity contribution is -0.134. The van der Waals surface area contributed by atoms with Crippen molar-refractivity contribution >= 4 is 40.1 Å². The zero-order valence-corrected chi connectivity index (χ0v) is 34.7. The molecule has 3 amide bonds. The van der Waals surface area contributed by atoms with Crippen molar-refractivity contribution in [3.8, 4) is 11.5 Å². The number of carbonyl (C=O) groups is 3. The number of pyridine rings is 1. The smallest absolute Gasteiger partial charge is 0.284 e. The molecule has 61 heavy (non-hydrogen) atoms. The van der Waals surface area contributed by atoms with E-state index in [-0.39, 0.29) is 35.1 Å². The maximum atomic E-state index is 14.2. The number of benzene rings is 1. The number of alkyl halides is 2. The Morgan fingerprint density at radius 3 is 2.56 bits per heavy atom. The zero-order valence-electron chi connectivity index (χ0n) is 34.7. The van der Waals surface area contributed by atoms with Gasteiger partial charge >= 0.3 is 0 Å². The lowest BCUT2D eigenvalue weighted by atomic mass is 9.85. The van der Waals surface area contributed by atoms with Gasteiger partial charge in [0, 0.05) is 62.5 Å². The van der Waals surface area contributed by atoms with Gasteiger partial charge in [0.25, 0.3) is 12.3 Å². The van der Waals surface area contributed by atoms with Crippen LogP contribution >= 0.6 is 0 Å². The Hall–Kier alpha value is -5.55. The molecule has 1 atom stereocenters. The van der Waals surface area contributed by atoms with Gasteiger partial charge in [-0.2, -0.15) is 10.2 Å². The molecule has 2 saturated carbocycles. The van der Waals surface area contributed by atoms with Crippen LogP contribution in [0.3, 0.4) is 0 Å². The summed E-state index contributed by atoms with van der Waals surface area (Å²) in [5, 5.41) is 18.4. The van der Waals surface area contributed by atoms with Gasteiger partial charge in [-0.05, 0) is 107 Å². The lowest BCUT2D eigenvalue weighted by Gasteiger charge is -2.39. The number of imide groups is 1. The average Bonchev–Trinajstić information content (AvgIpc) is 3.60. The molecule has 322 valence electrons. The number of piperidine rings is 2. The van der Waals surface area contributed by atoms with Gasteiger partial charge in [0.05, 0.1) is 28.9 Å². The summed E-state index contributed by atoms with van der Waals surface area (Å²) in [7, 11) is 4.14. The molecule has 9 rings (SSSR count). The van der Waals surface area contributed by atoms with Crippen LogP contribution < -0.4 is 16.0 Å². The van der Waals surface area contributed by atoms with Crippen LogP contribution in [-0.2, 0) is 23.2 Å². The molecular weight excluding hydrogens is 785 g/mol. The van der Waals surface area contributed by atoms with Gasteiger partial charge in [-0.25, -0.2) is 18.7 Å². The van der Waals surface area contributed by atoms with Crippen molar-refractivity contribution in [3.05, 3.63) is 71.6 Å². The SMILES string of the molecule is CN(CC1CCC(n2cc(NC(=O)c3coc(-c4ccnc(NCC5CC5)c4)n3)c(C(F)F)n2)CC1)C1CCN(Cc2cccc3c(C4CCC(=O)NC4=O)nn(C)c23)CC1. The Bertz CT molecular complexity index is 2390. The Labute approximate surface area is 352 Å². The Kier molecular flexibility index (Phi) is 11.7. The summed E-state index contributed by atoms with van der Waals surface area (Å²) in [6, 6.07) is 10.2. The Balaban J connectivity index is 0.753. The van der Waals surface area contributed by atoms with E-state index in [1.165, 1.54) is 30.9 Å². The molecule has 4 aliphatic rings. The molecule has 0 spiro atoms. The molecule has 15 nitrogen and oxygen atoms in total. The number of rotatable bonds is 14. The maximum Gasteiger partial charge on any atom is 0.284 e. The highest BCUT2D eigenvalue weighted by Gasteiger charge is 2.33. The standard InChI is InChI=1S/C44H53F2N11O4/c1-54(30-15-18-56(19-16-30)23-29-4-3-5-32-38(52-55(2)40(29)32)33-12-13-37(58)51-42(33)59)22-27-8-10-31(11-9-27)57-24-34(39(53-57)41(45)46)49-43(60)35-25-61-44(50-35)28-14-17-47-36(20-28)48-21-26-6-7-26/h3-5,14,17,20,24-27,30-31,33,41H,6-13,15-16,18-19,21-23H2,1-2H3,(H,47,48)(H,49,60)(H,51,58,59). The number of halogens is 2. The van der Waals surface area contributed by atoms with Crippen LogP contribution in [0.4, 0.5) is 20.3 Å². The van der Waals surface area contributed by atoms with Crippen molar-refractivity contribution in [2.24, 2.45) is 18.9 Å². The first-order valence-corrected chi connectivity index (χ1v) is 21.6. The number of hydrogen-bond acceptors (Lipinski definition) is 11. The molecule has 2 aliphatic carbocycles. The second kappa shape index (κ2) is 17.4. The molecule has 1 unspecified atom stereocenters. The van der Waals surface area contributed by atoms with Crippen molar-refractivity contribution < 1.29 is 27.6 Å². The van der Waals surface area contributed by atoms with Crippen LogP contribution in [0.1, 0.15) is 110 Å². The molecule has 0 radical (unpaired) electrons. The summed E-state index contributed by atoms with van der Waals surface area (Å²) >= 11 is 0. The topological polar surface area (TPSA) is 168 Å². The van der Waals surface area contributed by atoms with Gasteiger partial charge in [0.15, 0.2) is 11.4 Å². The molecular formula is C44H53F2N11O4. The summed E-state index contributed by atoms with van der Waals surface area (Å²) in [4.78, 5) is 51.3. The van der Waals surface area contributed by atoms with Crippen molar-refractivity contribution in [2.45, 2.75) is 95.2 Å². The number of carbonyl (C=O) groups excluding carboxylic acids is 3. The van der Waals surface area contributed by atoms with Gasteiger partial charge in [-0.3, -0.25) is 34.0 Å². The number of para-hydroxylation sites is 1. The van der Waals surface area contributed by atoms with E-state index in [4.69, 9.17) is 9.52 Å². The van der Waals surface area contributed by atoms with Gasteiger partial charge < -0.3 is 20.0 Å². The number of nitrogens with one attached hydrogen (secondary N) is 3. The Morgan fingerprint density at radius 2 is 1.80 bits per heavy atom. The van der Waals surface area contributed by atoms with Crippen LogP contribution in [0.25, 0.3) is 22.4 Å². The number of likely N-dealkylation sites (tertiary alicyclic amines) is 1. The van der Waals surface area contributed by atoms with E-state index in [1.807, 2.05) is 29.9 Å². The van der Waals surface area contributed by atoms with Crippen molar-refractivity contribution in [1.29, 1.82) is 0 Å². The number of nitrogens with zero attached hydrogens (tertiary/aromatic N) is 8. The lowest BCUT2D eigenvalue weighted by Crippen LogP contribution is -2.44. The van der Waals surface area contributed by atoms with Crippen LogP contribution in [0, 0.1) is 11.8 Å². The van der Waals surface area contributed by atoms with Crippen LogP contribution in [0.15, 0.2) is 53.4 Å². The quantitative estimate of drug-likeness (QED) is 0.102. The summed E-state index contributed by atoms with van der Waals surface area (Å²) < 4.78 is 37.5. The normalized spacial score (nSPS) is 21.7. The molecule has 5 aromatic rings. The molecule has 4 aromatic heterocycles. The zero-order chi connectivity index (χ0) is 42.2. The summed E-state index contributed by atoms with van der Waals surface area (Å²) in [5.74, 6) is 0.520. The van der Waals surface area contributed by atoms with Crippen molar-refractivity contribution in [2.75, 3.05) is 43.9 Å². The monoisotopic (exact) mass is 837 g/mol. The molecule has 2 aliphatic heterocycles. The van der Waals surface area contributed by atoms with Crippen molar-refractivity contribution in [1.82, 2.24) is 44.6 Å².